The molecule has 1 fully saturated rings. The van der Waals surface area contributed by atoms with Crippen LogP contribution in [-0.4, -0.2) is 35.5 Å². The Bertz CT molecular complexity index is 273. The number of aliphatic imine (C=N–C) groups is 1. The van der Waals surface area contributed by atoms with Gasteiger partial charge in [0, 0.05) is 18.3 Å². The van der Waals surface area contributed by atoms with Crippen molar-refractivity contribution in [3.05, 3.63) is 0 Å². The van der Waals surface area contributed by atoms with Crippen molar-refractivity contribution in [2.45, 2.75) is 45.1 Å². The molecular weight excluding hydrogens is 248 g/mol. The van der Waals surface area contributed by atoms with Crippen molar-refractivity contribution < 1.29 is 0 Å². The van der Waals surface area contributed by atoms with Gasteiger partial charge in [0.15, 0.2) is 5.17 Å². The summed E-state index contributed by atoms with van der Waals surface area (Å²) in [5.74, 6) is 2.52. The Morgan fingerprint density at radius 1 is 1.47 bits per heavy atom. The number of amidine groups is 1. The van der Waals surface area contributed by atoms with Crippen LogP contribution < -0.4 is 5.32 Å². The topological polar surface area (TPSA) is 24.4 Å². The maximum atomic E-state index is 4.77. The second-order valence-electron chi connectivity index (χ2n) is 5.44. The normalized spacial score (nSPS) is 24.7. The first-order valence-electron chi connectivity index (χ1n) is 6.67. The zero-order valence-corrected chi connectivity index (χ0v) is 12.6. The molecule has 0 aromatic carbocycles. The van der Waals surface area contributed by atoms with E-state index in [0.29, 0.717) is 11.5 Å². The molecule has 17 heavy (non-hydrogen) atoms. The zero-order chi connectivity index (χ0) is 12.1. The maximum absolute atomic E-state index is 4.77. The third-order valence-electron chi connectivity index (χ3n) is 3.86. The lowest BCUT2D eigenvalue weighted by Crippen LogP contribution is -2.37. The average Bonchev–Trinajstić information content (AvgIpc) is 2.79. The Labute approximate surface area is 114 Å². The molecule has 1 spiro atoms. The van der Waals surface area contributed by atoms with Gasteiger partial charge in [-0.05, 0) is 43.6 Å². The van der Waals surface area contributed by atoms with Gasteiger partial charge in [-0.25, -0.2) is 0 Å². The van der Waals surface area contributed by atoms with E-state index >= 15 is 0 Å². The Morgan fingerprint density at radius 3 is 2.82 bits per heavy atom. The molecule has 1 heterocycles. The van der Waals surface area contributed by atoms with Crippen molar-refractivity contribution in [3.63, 3.8) is 0 Å². The SMILES string of the molecule is CSCCC(C)NC1=NCC2(CCCC2)CS1. The molecule has 1 saturated carbocycles. The first-order valence-corrected chi connectivity index (χ1v) is 9.05. The minimum Gasteiger partial charge on any atom is -0.362 e. The van der Waals surface area contributed by atoms with E-state index in [4.69, 9.17) is 4.99 Å². The maximum Gasteiger partial charge on any atom is 0.156 e. The molecule has 1 atom stereocenters. The van der Waals surface area contributed by atoms with Crippen LogP contribution in [-0.2, 0) is 0 Å². The quantitative estimate of drug-likeness (QED) is 0.849. The second kappa shape index (κ2) is 6.37. The molecule has 98 valence electrons. The van der Waals surface area contributed by atoms with Gasteiger partial charge in [0.05, 0.1) is 0 Å². The van der Waals surface area contributed by atoms with E-state index in [2.05, 4.69) is 18.5 Å². The summed E-state index contributed by atoms with van der Waals surface area (Å²) in [5.41, 5.74) is 0.568. The number of rotatable bonds is 4. The highest BCUT2D eigenvalue weighted by Gasteiger charge is 2.36. The predicted octanol–water partition coefficient (Wildman–Crippen LogP) is 3.38. The van der Waals surface area contributed by atoms with E-state index in [1.807, 2.05) is 23.5 Å². The van der Waals surface area contributed by atoms with E-state index in [-0.39, 0.29) is 0 Å². The van der Waals surface area contributed by atoms with Gasteiger partial charge in [0.2, 0.25) is 0 Å². The standard InChI is InChI=1S/C13H24N2S2/c1-11(5-8-16-2)15-12-14-9-13(10-17-12)6-3-4-7-13/h11H,3-10H2,1-2H3,(H,14,15). The van der Waals surface area contributed by atoms with Gasteiger partial charge in [-0.1, -0.05) is 24.6 Å². The van der Waals surface area contributed by atoms with Crippen LogP contribution in [0, 0.1) is 5.41 Å². The Balaban J connectivity index is 1.78. The van der Waals surface area contributed by atoms with Crippen molar-refractivity contribution >= 4 is 28.7 Å². The lowest BCUT2D eigenvalue weighted by atomic mass is 9.89. The van der Waals surface area contributed by atoms with Gasteiger partial charge in [0.1, 0.15) is 0 Å². The molecule has 1 aliphatic carbocycles. The molecular formula is C13H24N2S2. The molecule has 0 saturated heterocycles. The van der Waals surface area contributed by atoms with E-state index in [1.54, 1.807) is 0 Å². The van der Waals surface area contributed by atoms with Crippen molar-refractivity contribution in [1.29, 1.82) is 0 Å². The van der Waals surface area contributed by atoms with Crippen molar-refractivity contribution in [3.8, 4) is 0 Å². The highest BCUT2D eigenvalue weighted by atomic mass is 32.2. The molecule has 0 amide bonds. The molecule has 0 bridgehead atoms. The highest BCUT2D eigenvalue weighted by Crippen LogP contribution is 2.43. The van der Waals surface area contributed by atoms with Gasteiger partial charge < -0.3 is 5.32 Å². The second-order valence-corrected chi connectivity index (χ2v) is 7.39. The van der Waals surface area contributed by atoms with Crippen molar-refractivity contribution in [1.82, 2.24) is 5.32 Å². The summed E-state index contributed by atoms with van der Waals surface area (Å²) in [6.45, 7) is 3.33. The number of hydrogen-bond acceptors (Lipinski definition) is 4. The fourth-order valence-corrected chi connectivity index (χ4v) is 4.50. The van der Waals surface area contributed by atoms with Crippen LogP contribution in [0.2, 0.25) is 0 Å². The largest absolute Gasteiger partial charge is 0.362 e. The Kier molecular flexibility index (Phi) is 5.10. The zero-order valence-electron chi connectivity index (χ0n) is 11.0. The first-order chi connectivity index (χ1) is 8.24. The van der Waals surface area contributed by atoms with E-state index in [9.17, 15) is 0 Å². The van der Waals surface area contributed by atoms with E-state index in [0.717, 1.165) is 6.54 Å². The summed E-state index contributed by atoms with van der Waals surface area (Å²) < 4.78 is 0. The van der Waals surface area contributed by atoms with Crippen LogP contribution in [0.25, 0.3) is 0 Å². The van der Waals surface area contributed by atoms with Gasteiger partial charge in [-0.2, -0.15) is 11.8 Å². The number of nitrogens with zero attached hydrogens (tertiary/aromatic N) is 1. The molecule has 1 unspecified atom stereocenters. The molecule has 1 N–H and O–H groups in total. The van der Waals surface area contributed by atoms with E-state index in [1.165, 1.54) is 48.8 Å². The predicted molar refractivity (Wildman–Crippen MR) is 81.3 cm³/mol. The average molecular weight is 272 g/mol. The minimum absolute atomic E-state index is 0.561. The lowest BCUT2D eigenvalue weighted by molar-refractivity contribution is 0.358. The fourth-order valence-electron chi connectivity index (χ4n) is 2.64. The van der Waals surface area contributed by atoms with Crippen LogP contribution in [0.5, 0.6) is 0 Å². The van der Waals surface area contributed by atoms with E-state index < -0.39 is 0 Å². The molecule has 2 nitrogen and oxygen atoms in total. The molecule has 0 aromatic rings. The lowest BCUT2D eigenvalue weighted by Gasteiger charge is -2.31. The molecule has 0 aromatic heterocycles. The van der Waals surface area contributed by atoms with Gasteiger partial charge in [-0.3, -0.25) is 4.99 Å². The smallest absolute Gasteiger partial charge is 0.156 e. The summed E-state index contributed by atoms with van der Waals surface area (Å²) in [7, 11) is 0. The summed E-state index contributed by atoms with van der Waals surface area (Å²) >= 11 is 3.87. The monoisotopic (exact) mass is 272 g/mol. The van der Waals surface area contributed by atoms with Crippen LogP contribution in [0.3, 0.4) is 0 Å². The molecule has 1 aliphatic heterocycles. The van der Waals surface area contributed by atoms with Crippen LogP contribution in [0.15, 0.2) is 4.99 Å². The molecule has 4 heteroatoms. The molecule has 0 radical (unpaired) electrons. The number of thioether (sulfide) groups is 2. The Hall–Kier alpha value is 0.170. The summed E-state index contributed by atoms with van der Waals surface area (Å²) in [4.78, 5) is 4.77. The number of hydrogen-bond donors (Lipinski definition) is 1. The summed E-state index contributed by atoms with van der Waals surface area (Å²) in [6.07, 6.45) is 9.04. The minimum atomic E-state index is 0.561. The van der Waals surface area contributed by atoms with Gasteiger partial charge in [-0.15, -0.1) is 0 Å². The van der Waals surface area contributed by atoms with Crippen LogP contribution in [0.4, 0.5) is 0 Å². The highest BCUT2D eigenvalue weighted by molar-refractivity contribution is 8.13. The van der Waals surface area contributed by atoms with Crippen LogP contribution >= 0.6 is 23.5 Å². The third kappa shape index (κ3) is 3.82. The summed E-state index contributed by atoms with van der Waals surface area (Å²) in [6, 6.07) is 0.561. The van der Waals surface area contributed by atoms with Gasteiger partial charge >= 0.3 is 0 Å². The summed E-state index contributed by atoms with van der Waals surface area (Å²) in [5, 5.41) is 4.75. The van der Waals surface area contributed by atoms with Crippen molar-refractivity contribution in [2.24, 2.45) is 10.4 Å². The third-order valence-corrected chi connectivity index (χ3v) is 5.78. The van der Waals surface area contributed by atoms with Gasteiger partial charge in [0.25, 0.3) is 0 Å². The number of nitrogens with one attached hydrogen (secondary N) is 1. The van der Waals surface area contributed by atoms with Crippen molar-refractivity contribution in [2.75, 3.05) is 24.3 Å². The molecule has 2 rings (SSSR count). The Morgan fingerprint density at radius 2 is 2.24 bits per heavy atom. The fraction of sp³-hybridized carbons (Fsp3) is 0.923. The molecule has 2 aliphatic rings. The first kappa shape index (κ1) is 13.6. The van der Waals surface area contributed by atoms with Crippen LogP contribution in [0.1, 0.15) is 39.0 Å².